The van der Waals surface area contributed by atoms with Crippen molar-refractivity contribution in [2.75, 3.05) is 53.9 Å². The van der Waals surface area contributed by atoms with Crippen LogP contribution in [-0.4, -0.2) is 104 Å². The minimum absolute atomic E-state index is 0.0392. The number of nitrogens with one attached hydrogen (secondary N) is 1. The highest BCUT2D eigenvalue weighted by Gasteiger charge is 2.41. The summed E-state index contributed by atoms with van der Waals surface area (Å²) in [6.07, 6.45) is -4.16. The van der Waals surface area contributed by atoms with E-state index in [0.717, 1.165) is 13.6 Å². The molecule has 2 amide bonds. The second kappa shape index (κ2) is 13.9. The first-order valence-corrected chi connectivity index (χ1v) is 11.0. The lowest BCUT2D eigenvalue weighted by Gasteiger charge is -2.23. The number of pyridine rings is 1. The number of alkyl halides is 3. The van der Waals surface area contributed by atoms with E-state index in [4.69, 9.17) is 4.74 Å². The van der Waals surface area contributed by atoms with Gasteiger partial charge in [0.05, 0.1) is 17.8 Å². The maximum atomic E-state index is 12.4. The molecule has 1 heterocycles. The molecule has 0 aromatic carbocycles. The molecule has 0 aliphatic carbocycles. The highest BCUT2D eigenvalue weighted by molar-refractivity contribution is 5.89. The standard InChI is InChI=1S/C22H34F3N5O4/c1-6-30(12-11-28(3)4)19(31)15-26-14-18-13-17(7-9-27-18)20(32)34-16(2)8-10-29(5)21(33)22(23,24)25/h7,9,13,16,26H,6,8,10-12,14-15H2,1-5H3. The number of hydrogen-bond acceptors (Lipinski definition) is 7. The van der Waals surface area contributed by atoms with E-state index in [0.29, 0.717) is 23.7 Å². The molecule has 0 bridgehead atoms. The lowest BCUT2D eigenvalue weighted by atomic mass is 10.2. The third-order valence-corrected chi connectivity index (χ3v) is 4.95. The van der Waals surface area contributed by atoms with E-state index in [1.807, 2.05) is 25.9 Å². The quantitative estimate of drug-likeness (QED) is 0.420. The summed E-state index contributed by atoms with van der Waals surface area (Å²) >= 11 is 0. The normalized spacial score (nSPS) is 12.4. The van der Waals surface area contributed by atoms with Gasteiger partial charge in [-0.05, 0) is 40.1 Å². The Morgan fingerprint density at radius 1 is 1.15 bits per heavy atom. The van der Waals surface area contributed by atoms with Gasteiger partial charge in [0.1, 0.15) is 6.10 Å². The molecule has 0 radical (unpaired) electrons. The molecule has 0 saturated carbocycles. The highest BCUT2D eigenvalue weighted by atomic mass is 19.4. The number of aromatic nitrogens is 1. The van der Waals surface area contributed by atoms with Crippen LogP contribution in [0, 0.1) is 0 Å². The van der Waals surface area contributed by atoms with E-state index in [1.54, 1.807) is 4.90 Å². The molecule has 1 aromatic heterocycles. The van der Waals surface area contributed by atoms with Crippen LogP contribution in [0.2, 0.25) is 0 Å². The second-order valence-electron chi connectivity index (χ2n) is 8.15. The molecule has 1 atom stereocenters. The lowest BCUT2D eigenvalue weighted by molar-refractivity contribution is -0.184. The van der Waals surface area contributed by atoms with Gasteiger partial charge in [-0.15, -0.1) is 0 Å². The van der Waals surface area contributed by atoms with Crippen molar-refractivity contribution in [2.45, 2.75) is 39.1 Å². The van der Waals surface area contributed by atoms with Gasteiger partial charge in [0.2, 0.25) is 5.91 Å². The largest absolute Gasteiger partial charge is 0.471 e. The fourth-order valence-electron chi connectivity index (χ4n) is 2.89. The number of carbonyl (C=O) groups is 3. The van der Waals surface area contributed by atoms with Crippen molar-refractivity contribution in [2.24, 2.45) is 0 Å². The third kappa shape index (κ3) is 10.5. The smallest absolute Gasteiger partial charge is 0.459 e. The molecular formula is C22H34F3N5O4. The minimum atomic E-state index is -4.94. The SMILES string of the molecule is CCN(CCN(C)C)C(=O)CNCc1cc(C(=O)OC(C)CCN(C)C(=O)C(F)(F)F)ccn1. The van der Waals surface area contributed by atoms with Crippen molar-refractivity contribution in [3.8, 4) is 0 Å². The van der Waals surface area contributed by atoms with Crippen molar-refractivity contribution >= 4 is 17.8 Å². The van der Waals surface area contributed by atoms with Gasteiger partial charge in [0.25, 0.3) is 0 Å². The summed E-state index contributed by atoms with van der Waals surface area (Å²) in [5.74, 6) is -2.64. The van der Waals surface area contributed by atoms with Crippen molar-refractivity contribution in [1.29, 1.82) is 0 Å². The number of amides is 2. The Balaban J connectivity index is 2.53. The van der Waals surface area contributed by atoms with E-state index in [9.17, 15) is 27.6 Å². The van der Waals surface area contributed by atoms with Crippen molar-refractivity contribution < 1.29 is 32.3 Å². The van der Waals surface area contributed by atoms with Gasteiger partial charge in [-0.2, -0.15) is 13.2 Å². The lowest BCUT2D eigenvalue weighted by Crippen LogP contribution is -2.41. The van der Waals surface area contributed by atoms with Crippen molar-refractivity contribution in [3.63, 3.8) is 0 Å². The Morgan fingerprint density at radius 2 is 1.82 bits per heavy atom. The second-order valence-corrected chi connectivity index (χ2v) is 8.15. The zero-order chi connectivity index (χ0) is 25.9. The third-order valence-electron chi connectivity index (χ3n) is 4.95. The summed E-state index contributed by atoms with van der Waals surface area (Å²) in [4.78, 5) is 44.3. The van der Waals surface area contributed by atoms with E-state index < -0.39 is 24.2 Å². The Labute approximate surface area is 198 Å². The summed E-state index contributed by atoms with van der Waals surface area (Å²) in [6.45, 7) is 5.62. The number of nitrogens with zero attached hydrogens (tertiary/aromatic N) is 4. The fraction of sp³-hybridized carbons (Fsp3) is 0.636. The van der Waals surface area contributed by atoms with Crippen LogP contribution >= 0.6 is 0 Å². The molecule has 0 aliphatic heterocycles. The van der Waals surface area contributed by atoms with Crippen LogP contribution < -0.4 is 5.32 Å². The van der Waals surface area contributed by atoms with Crippen LogP contribution in [0.3, 0.4) is 0 Å². The maximum absolute atomic E-state index is 12.4. The van der Waals surface area contributed by atoms with Gasteiger partial charge in [0.15, 0.2) is 0 Å². The molecule has 9 nitrogen and oxygen atoms in total. The number of esters is 1. The van der Waals surface area contributed by atoms with Crippen LogP contribution in [0.15, 0.2) is 18.3 Å². The molecule has 0 saturated heterocycles. The van der Waals surface area contributed by atoms with Gasteiger partial charge < -0.3 is 24.8 Å². The monoisotopic (exact) mass is 489 g/mol. The number of halogens is 3. The maximum Gasteiger partial charge on any atom is 0.471 e. The van der Waals surface area contributed by atoms with E-state index in [-0.39, 0.29) is 37.5 Å². The molecule has 1 aromatic rings. The predicted octanol–water partition coefficient (Wildman–Crippen LogP) is 1.54. The number of carbonyl (C=O) groups excluding carboxylic acids is 3. The molecule has 0 aliphatic rings. The summed E-state index contributed by atoms with van der Waals surface area (Å²) < 4.78 is 42.6. The Morgan fingerprint density at radius 3 is 2.41 bits per heavy atom. The van der Waals surface area contributed by atoms with Crippen LogP contribution in [0.25, 0.3) is 0 Å². The number of hydrogen-bond donors (Lipinski definition) is 1. The topological polar surface area (TPSA) is 95.1 Å². The average Bonchev–Trinajstić information content (AvgIpc) is 2.76. The summed E-state index contributed by atoms with van der Waals surface area (Å²) in [6, 6.07) is 2.98. The molecule has 34 heavy (non-hydrogen) atoms. The number of ether oxygens (including phenoxy) is 1. The highest BCUT2D eigenvalue weighted by Crippen LogP contribution is 2.18. The zero-order valence-electron chi connectivity index (χ0n) is 20.3. The van der Waals surface area contributed by atoms with Gasteiger partial charge in [0, 0.05) is 52.4 Å². The Bertz CT molecular complexity index is 820. The molecular weight excluding hydrogens is 455 g/mol. The Hall–Kier alpha value is -2.73. The van der Waals surface area contributed by atoms with Gasteiger partial charge in [-0.1, -0.05) is 0 Å². The van der Waals surface area contributed by atoms with Crippen molar-refractivity contribution in [1.82, 2.24) is 25.0 Å². The molecule has 0 spiro atoms. The average molecular weight is 490 g/mol. The summed E-state index contributed by atoms with van der Waals surface area (Å²) in [5.41, 5.74) is 0.757. The molecule has 0 fully saturated rings. The summed E-state index contributed by atoms with van der Waals surface area (Å²) in [7, 11) is 4.92. The van der Waals surface area contributed by atoms with Crippen LogP contribution in [0.4, 0.5) is 13.2 Å². The Kier molecular flexibility index (Phi) is 11.9. The summed E-state index contributed by atoms with van der Waals surface area (Å²) in [5, 5.41) is 3.02. The van der Waals surface area contributed by atoms with Crippen LogP contribution in [0.5, 0.6) is 0 Å². The molecule has 1 N–H and O–H groups in total. The van der Waals surface area contributed by atoms with Crippen molar-refractivity contribution in [3.05, 3.63) is 29.6 Å². The first-order chi connectivity index (χ1) is 15.8. The van der Waals surface area contributed by atoms with Gasteiger partial charge >= 0.3 is 18.1 Å². The minimum Gasteiger partial charge on any atom is -0.459 e. The van der Waals surface area contributed by atoms with Gasteiger partial charge in [-0.25, -0.2) is 4.79 Å². The molecule has 1 rings (SSSR count). The molecule has 1 unspecified atom stereocenters. The molecule has 192 valence electrons. The fourth-order valence-corrected chi connectivity index (χ4v) is 2.89. The van der Waals surface area contributed by atoms with Gasteiger partial charge in [-0.3, -0.25) is 14.6 Å². The van der Waals surface area contributed by atoms with E-state index in [2.05, 4.69) is 10.3 Å². The number of rotatable bonds is 13. The zero-order valence-corrected chi connectivity index (χ0v) is 20.3. The van der Waals surface area contributed by atoms with Crippen LogP contribution in [0.1, 0.15) is 36.3 Å². The predicted molar refractivity (Wildman–Crippen MR) is 120 cm³/mol. The van der Waals surface area contributed by atoms with E-state index >= 15 is 0 Å². The molecule has 12 heteroatoms. The first kappa shape index (κ1) is 29.3. The van der Waals surface area contributed by atoms with E-state index in [1.165, 1.54) is 25.3 Å². The van der Waals surface area contributed by atoms with Crippen LogP contribution in [-0.2, 0) is 20.9 Å². The number of likely N-dealkylation sites (N-methyl/N-ethyl adjacent to an activating group) is 2. The first-order valence-electron chi connectivity index (χ1n) is 11.0.